The van der Waals surface area contributed by atoms with E-state index in [1.807, 2.05) is 19.9 Å². The summed E-state index contributed by atoms with van der Waals surface area (Å²) in [7, 11) is -1.47. The lowest BCUT2D eigenvalue weighted by molar-refractivity contribution is 0.424. The largest absolute Gasteiger partial charge is 0.356 e. The van der Waals surface area contributed by atoms with E-state index in [-0.39, 0.29) is 6.04 Å². The second kappa shape index (κ2) is 10.2. The van der Waals surface area contributed by atoms with E-state index in [1.54, 1.807) is 19.2 Å². The average Bonchev–Trinajstić information content (AvgIpc) is 2.52. The second-order valence-electron chi connectivity index (χ2n) is 5.64. The first kappa shape index (κ1) is 22.0. The first-order valence-corrected chi connectivity index (χ1v) is 10.7. The standard InChI is InChI=1S/C16H26Cl2N4O2S/c1-5-22(25(4,23)24)10-6-9-20-16(19-3)21-12(2)14-8-7-13(17)11-15(14)18/h7-8,11-12H,5-6,9-10H2,1-4H3,(H2,19,20,21). The van der Waals surface area contributed by atoms with Gasteiger partial charge in [0.2, 0.25) is 10.0 Å². The third-order valence-electron chi connectivity index (χ3n) is 3.70. The number of aliphatic imine (C=N–C) groups is 1. The fourth-order valence-electron chi connectivity index (χ4n) is 2.35. The van der Waals surface area contributed by atoms with E-state index >= 15 is 0 Å². The molecule has 0 amide bonds. The monoisotopic (exact) mass is 408 g/mol. The molecule has 1 unspecified atom stereocenters. The van der Waals surface area contributed by atoms with Crippen molar-refractivity contribution in [2.45, 2.75) is 26.3 Å². The van der Waals surface area contributed by atoms with Crippen LogP contribution in [-0.2, 0) is 10.0 Å². The van der Waals surface area contributed by atoms with Gasteiger partial charge in [0.05, 0.1) is 12.3 Å². The maximum atomic E-state index is 11.6. The second-order valence-corrected chi connectivity index (χ2v) is 8.47. The van der Waals surface area contributed by atoms with Gasteiger partial charge in [-0.25, -0.2) is 12.7 Å². The van der Waals surface area contributed by atoms with Crippen LogP contribution in [0, 0.1) is 0 Å². The first-order valence-electron chi connectivity index (χ1n) is 8.06. The Bertz CT molecular complexity index is 695. The summed E-state index contributed by atoms with van der Waals surface area (Å²) < 4.78 is 24.6. The molecule has 0 saturated carbocycles. The van der Waals surface area contributed by atoms with E-state index in [0.29, 0.717) is 42.1 Å². The number of halogens is 2. The van der Waals surface area contributed by atoms with Crippen molar-refractivity contribution in [1.82, 2.24) is 14.9 Å². The van der Waals surface area contributed by atoms with E-state index in [0.717, 1.165) is 5.56 Å². The molecule has 9 heteroatoms. The molecule has 2 N–H and O–H groups in total. The summed E-state index contributed by atoms with van der Waals surface area (Å²) in [6.07, 6.45) is 1.90. The maximum Gasteiger partial charge on any atom is 0.211 e. The molecule has 0 aliphatic carbocycles. The van der Waals surface area contributed by atoms with Crippen LogP contribution < -0.4 is 10.6 Å². The van der Waals surface area contributed by atoms with Gasteiger partial charge in [-0.05, 0) is 31.0 Å². The van der Waals surface area contributed by atoms with Gasteiger partial charge in [0.25, 0.3) is 0 Å². The fraction of sp³-hybridized carbons (Fsp3) is 0.562. The van der Waals surface area contributed by atoms with Crippen molar-refractivity contribution in [1.29, 1.82) is 0 Å². The Balaban J connectivity index is 2.52. The summed E-state index contributed by atoms with van der Waals surface area (Å²) in [6, 6.07) is 5.32. The summed E-state index contributed by atoms with van der Waals surface area (Å²) in [5, 5.41) is 7.62. The van der Waals surface area contributed by atoms with Crippen LogP contribution >= 0.6 is 23.2 Å². The van der Waals surface area contributed by atoms with E-state index in [4.69, 9.17) is 23.2 Å². The quantitative estimate of drug-likeness (QED) is 0.393. The van der Waals surface area contributed by atoms with Gasteiger partial charge >= 0.3 is 0 Å². The number of nitrogens with one attached hydrogen (secondary N) is 2. The Hall–Kier alpha value is -1.02. The molecular formula is C16H26Cl2N4O2S. The molecule has 142 valence electrons. The highest BCUT2D eigenvalue weighted by Gasteiger charge is 2.14. The molecular weight excluding hydrogens is 383 g/mol. The summed E-state index contributed by atoms with van der Waals surface area (Å²) in [5.74, 6) is 0.626. The van der Waals surface area contributed by atoms with Crippen LogP contribution in [0.1, 0.15) is 31.9 Å². The van der Waals surface area contributed by atoms with Crippen LogP contribution in [-0.4, -0.2) is 51.6 Å². The summed E-state index contributed by atoms with van der Waals surface area (Å²) in [6.45, 7) is 5.35. The van der Waals surface area contributed by atoms with Crippen molar-refractivity contribution < 1.29 is 8.42 Å². The van der Waals surface area contributed by atoms with Crippen molar-refractivity contribution in [3.8, 4) is 0 Å². The lowest BCUT2D eigenvalue weighted by Gasteiger charge is -2.20. The molecule has 25 heavy (non-hydrogen) atoms. The number of nitrogens with zero attached hydrogens (tertiary/aromatic N) is 2. The number of hydrogen-bond acceptors (Lipinski definition) is 3. The minimum absolute atomic E-state index is 0.0564. The Morgan fingerprint density at radius 1 is 1.36 bits per heavy atom. The van der Waals surface area contributed by atoms with E-state index in [1.165, 1.54) is 10.6 Å². The van der Waals surface area contributed by atoms with Gasteiger partial charge in [0, 0.05) is 36.7 Å². The Morgan fingerprint density at radius 2 is 2.04 bits per heavy atom. The minimum Gasteiger partial charge on any atom is -0.356 e. The Kier molecular flexibility index (Phi) is 8.99. The lowest BCUT2D eigenvalue weighted by Crippen LogP contribution is -2.40. The first-order chi connectivity index (χ1) is 11.7. The van der Waals surface area contributed by atoms with Crippen LogP contribution in [0.5, 0.6) is 0 Å². The number of hydrogen-bond donors (Lipinski definition) is 2. The predicted octanol–water partition coefficient (Wildman–Crippen LogP) is 2.89. The van der Waals surface area contributed by atoms with Crippen molar-refractivity contribution in [2.24, 2.45) is 4.99 Å². The normalized spacial score (nSPS) is 13.8. The molecule has 0 saturated heterocycles. The molecule has 0 aromatic heterocycles. The van der Waals surface area contributed by atoms with Gasteiger partial charge < -0.3 is 10.6 Å². The summed E-state index contributed by atoms with van der Waals surface area (Å²) in [5.41, 5.74) is 0.920. The number of sulfonamides is 1. The van der Waals surface area contributed by atoms with Crippen molar-refractivity contribution in [3.05, 3.63) is 33.8 Å². The SMILES string of the molecule is CCN(CCCNC(=NC)NC(C)c1ccc(Cl)cc1Cl)S(C)(=O)=O. The van der Waals surface area contributed by atoms with Crippen LogP contribution in [0.2, 0.25) is 10.0 Å². The molecule has 0 fully saturated rings. The lowest BCUT2D eigenvalue weighted by atomic mass is 10.1. The number of guanidine groups is 1. The van der Waals surface area contributed by atoms with Gasteiger partial charge in [-0.2, -0.15) is 0 Å². The Morgan fingerprint density at radius 3 is 2.56 bits per heavy atom. The van der Waals surface area contributed by atoms with Gasteiger partial charge in [-0.15, -0.1) is 0 Å². The zero-order chi connectivity index (χ0) is 19.0. The molecule has 0 spiro atoms. The van der Waals surface area contributed by atoms with Crippen LogP contribution in [0.3, 0.4) is 0 Å². The van der Waals surface area contributed by atoms with Gasteiger partial charge in [-0.1, -0.05) is 36.2 Å². The van der Waals surface area contributed by atoms with Gasteiger partial charge in [0.1, 0.15) is 0 Å². The molecule has 0 radical (unpaired) electrons. The highest BCUT2D eigenvalue weighted by Crippen LogP contribution is 2.25. The smallest absolute Gasteiger partial charge is 0.211 e. The van der Waals surface area contributed by atoms with Crippen molar-refractivity contribution >= 4 is 39.2 Å². The minimum atomic E-state index is -3.15. The molecule has 6 nitrogen and oxygen atoms in total. The van der Waals surface area contributed by atoms with Gasteiger partial charge in [-0.3, -0.25) is 4.99 Å². The highest BCUT2D eigenvalue weighted by molar-refractivity contribution is 7.88. The predicted molar refractivity (Wildman–Crippen MR) is 106 cm³/mol. The number of benzene rings is 1. The zero-order valence-corrected chi connectivity index (χ0v) is 17.3. The molecule has 0 heterocycles. The van der Waals surface area contributed by atoms with E-state index < -0.39 is 10.0 Å². The molecule has 0 bridgehead atoms. The van der Waals surface area contributed by atoms with Gasteiger partial charge in [0.15, 0.2) is 5.96 Å². The van der Waals surface area contributed by atoms with E-state index in [2.05, 4.69) is 15.6 Å². The molecule has 0 aliphatic heterocycles. The van der Waals surface area contributed by atoms with E-state index in [9.17, 15) is 8.42 Å². The molecule has 1 atom stereocenters. The average molecular weight is 409 g/mol. The van der Waals surface area contributed by atoms with Crippen LogP contribution in [0.4, 0.5) is 0 Å². The highest BCUT2D eigenvalue weighted by atomic mass is 35.5. The zero-order valence-electron chi connectivity index (χ0n) is 15.0. The van der Waals surface area contributed by atoms with Crippen LogP contribution in [0.15, 0.2) is 23.2 Å². The molecule has 1 aromatic rings. The summed E-state index contributed by atoms with van der Waals surface area (Å²) in [4.78, 5) is 4.18. The maximum absolute atomic E-state index is 11.6. The fourth-order valence-corrected chi connectivity index (χ4v) is 3.85. The molecule has 1 rings (SSSR count). The Labute approximate surface area is 160 Å². The van der Waals surface area contributed by atoms with Crippen molar-refractivity contribution in [2.75, 3.05) is 32.9 Å². The molecule has 0 aliphatic rings. The molecule has 1 aromatic carbocycles. The number of rotatable bonds is 8. The van der Waals surface area contributed by atoms with Crippen molar-refractivity contribution in [3.63, 3.8) is 0 Å². The third kappa shape index (κ3) is 7.40. The third-order valence-corrected chi connectivity index (χ3v) is 5.65. The van der Waals surface area contributed by atoms with Crippen LogP contribution in [0.25, 0.3) is 0 Å². The topological polar surface area (TPSA) is 73.8 Å². The summed E-state index contributed by atoms with van der Waals surface area (Å²) >= 11 is 12.1.